The van der Waals surface area contributed by atoms with Crippen LogP contribution in [0.1, 0.15) is 19.5 Å². The lowest BCUT2D eigenvalue weighted by Crippen LogP contribution is -1.98. The molecule has 78 valence electrons. The first kappa shape index (κ1) is 5.85. The van der Waals surface area contributed by atoms with Crippen LogP contribution in [0.2, 0.25) is 0 Å². The summed E-state index contributed by atoms with van der Waals surface area (Å²) in [6.45, 7) is 4.43. The highest BCUT2D eigenvalue weighted by atomic mass is 79.9. The standard InChI is InChI=1S/C12H13BrN2/c1-3-15-9(2)11(13)12(14-15)10-7-5-4-6-8-10/h4-8H,3H2,1-2H3/i4D,5D,6D,7D,8D. The van der Waals surface area contributed by atoms with Crippen molar-refractivity contribution in [1.82, 2.24) is 9.78 Å². The van der Waals surface area contributed by atoms with E-state index in [4.69, 9.17) is 6.85 Å². The summed E-state index contributed by atoms with van der Waals surface area (Å²) in [6, 6.07) is -1.57. The number of hydrogen-bond donors (Lipinski definition) is 0. The van der Waals surface area contributed by atoms with Gasteiger partial charge in [0.1, 0.15) is 5.69 Å². The van der Waals surface area contributed by atoms with Crippen LogP contribution in [0.25, 0.3) is 11.3 Å². The SMILES string of the molecule is [2H]c1c([2H])c([2H])c(-c2nn(CC)c(C)c2Br)c([2H])c1[2H]. The third-order valence-electron chi connectivity index (χ3n) is 2.17. The van der Waals surface area contributed by atoms with Crippen LogP contribution in [0.15, 0.2) is 34.7 Å². The number of halogens is 1. The molecule has 0 aliphatic rings. The maximum atomic E-state index is 7.96. The summed E-state index contributed by atoms with van der Waals surface area (Å²) in [5.74, 6) is 0. The molecule has 0 radical (unpaired) electrons. The molecule has 0 aliphatic heterocycles. The van der Waals surface area contributed by atoms with Crippen LogP contribution in [-0.4, -0.2) is 9.78 Å². The minimum absolute atomic E-state index is 0.123. The van der Waals surface area contributed by atoms with Crippen molar-refractivity contribution < 1.29 is 6.85 Å². The second kappa shape index (κ2) is 4.19. The molecule has 0 N–H and O–H groups in total. The Kier molecular flexibility index (Phi) is 1.63. The van der Waals surface area contributed by atoms with Gasteiger partial charge >= 0.3 is 0 Å². The molecule has 1 heterocycles. The van der Waals surface area contributed by atoms with E-state index in [1.54, 1.807) is 4.68 Å². The topological polar surface area (TPSA) is 17.8 Å². The van der Waals surface area contributed by atoms with Crippen LogP contribution < -0.4 is 0 Å². The number of rotatable bonds is 2. The molecule has 0 spiro atoms. The van der Waals surface area contributed by atoms with Gasteiger partial charge < -0.3 is 0 Å². The maximum Gasteiger partial charge on any atom is 0.107 e. The van der Waals surface area contributed by atoms with Gasteiger partial charge in [-0.2, -0.15) is 5.10 Å². The Morgan fingerprint density at radius 1 is 1.40 bits per heavy atom. The van der Waals surface area contributed by atoms with Crippen molar-refractivity contribution in [2.75, 3.05) is 0 Å². The summed E-state index contributed by atoms with van der Waals surface area (Å²) in [4.78, 5) is 0. The van der Waals surface area contributed by atoms with E-state index in [1.807, 2.05) is 13.8 Å². The van der Waals surface area contributed by atoms with Crippen LogP contribution in [0, 0.1) is 6.92 Å². The lowest BCUT2D eigenvalue weighted by atomic mass is 10.1. The Morgan fingerprint density at radius 3 is 2.60 bits per heavy atom. The Labute approximate surface area is 105 Å². The van der Waals surface area contributed by atoms with Crippen molar-refractivity contribution in [3.8, 4) is 11.3 Å². The Balaban J connectivity index is 2.83. The smallest absolute Gasteiger partial charge is 0.107 e. The molecular weight excluding hydrogens is 252 g/mol. The Hall–Kier alpha value is -1.09. The van der Waals surface area contributed by atoms with Gasteiger partial charge in [-0.3, -0.25) is 4.68 Å². The van der Waals surface area contributed by atoms with Crippen LogP contribution in [0.5, 0.6) is 0 Å². The van der Waals surface area contributed by atoms with E-state index in [-0.39, 0.29) is 29.7 Å². The molecule has 15 heavy (non-hydrogen) atoms. The molecule has 2 aromatic rings. The molecule has 3 heteroatoms. The van der Waals surface area contributed by atoms with Gasteiger partial charge in [-0.1, -0.05) is 30.2 Å². The molecule has 2 rings (SSSR count). The molecule has 1 aromatic carbocycles. The zero-order chi connectivity index (χ0) is 15.2. The zero-order valence-corrected chi connectivity index (χ0v) is 10.1. The van der Waals surface area contributed by atoms with Crippen LogP contribution >= 0.6 is 15.9 Å². The van der Waals surface area contributed by atoms with Crippen molar-refractivity contribution in [1.29, 1.82) is 0 Å². The zero-order valence-electron chi connectivity index (χ0n) is 13.5. The highest BCUT2D eigenvalue weighted by Crippen LogP contribution is 2.29. The fourth-order valence-electron chi connectivity index (χ4n) is 1.36. The minimum Gasteiger partial charge on any atom is -0.268 e. The molecule has 0 amide bonds. The summed E-state index contributed by atoms with van der Waals surface area (Å²) < 4.78 is 41.3. The van der Waals surface area contributed by atoms with Gasteiger partial charge in [-0.25, -0.2) is 0 Å². The van der Waals surface area contributed by atoms with E-state index in [1.165, 1.54) is 0 Å². The fourth-order valence-corrected chi connectivity index (χ4v) is 1.84. The second-order valence-electron chi connectivity index (χ2n) is 3.06. The first-order valence-electron chi connectivity index (χ1n) is 7.11. The number of hydrogen-bond acceptors (Lipinski definition) is 1. The van der Waals surface area contributed by atoms with Crippen LogP contribution in [0.3, 0.4) is 0 Å². The van der Waals surface area contributed by atoms with Gasteiger partial charge in [-0.15, -0.1) is 0 Å². The molecule has 0 unspecified atom stereocenters. The summed E-state index contributed by atoms with van der Waals surface area (Å²) in [5.41, 5.74) is 1.36. The molecule has 0 saturated heterocycles. The predicted molar refractivity (Wildman–Crippen MR) is 65.8 cm³/mol. The fraction of sp³-hybridized carbons (Fsp3) is 0.250. The molecule has 2 nitrogen and oxygen atoms in total. The van der Waals surface area contributed by atoms with E-state index in [2.05, 4.69) is 21.0 Å². The van der Waals surface area contributed by atoms with Gasteiger partial charge in [0.25, 0.3) is 0 Å². The lowest BCUT2D eigenvalue weighted by molar-refractivity contribution is 0.641. The van der Waals surface area contributed by atoms with Gasteiger partial charge in [0.15, 0.2) is 0 Å². The highest BCUT2D eigenvalue weighted by molar-refractivity contribution is 9.10. The molecule has 0 bridgehead atoms. The number of aryl methyl sites for hydroxylation is 1. The van der Waals surface area contributed by atoms with Crippen LogP contribution in [-0.2, 0) is 6.54 Å². The van der Waals surface area contributed by atoms with Gasteiger partial charge in [-0.05, 0) is 29.8 Å². The molecule has 1 aromatic heterocycles. The first-order valence-corrected chi connectivity index (χ1v) is 5.40. The quantitative estimate of drug-likeness (QED) is 0.814. The number of nitrogens with zero attached hydrogens (tertiary/aromatic N) is 2. The molecular formula is C12H13BrN2. The van der Waals surface area contributed by atoms with Crippen molar-refractivity contribution in [2.45, 2.75) is 20.4 Å². The first-order chi connectivity index (χ1) is 9.31. The molecule has 0 atom stereocenters. The van der Waals surface area contributed by atoms with Crippen LogP contribution in [0.4, 0.5) is 0 Å². The lowest BCUT2D eigenvalue weighted by Gasteiger charge is -1.96. The third-order valence-corrected chi connectivity index (χ3v) is 3.12. The average Bonchev–Trinajstić information content (AvgIpc) is 2.71. The van der Waals surface area contributed by atoms with E-state index in [0.29, 0.717) is 16.7 Å². The molecule has 0 fully saturated rings. The average molecular weight is 270 g/mol. The van der Waals surface area contributed by atoms with Crippen molar-refractivity contribution in [3.05, 3.63) is 40.4 Å². The van der Waals surface area contributed by atoms with E-state index in [0.717, 1.165) is 5.69 Å². The summed E-state index contributed by atoms with van der Waals surface area (Å²) in [6.07, 6.45) is 0. The monoisotopic (exact) mass is 269 g/mol. The summed E-state index contributed by atoms with van der Waals surface area (Å²) in [5, 5.41) is 4.33. The van der Waals surface area contributed by atoms with Crippen molar-refractivity contribution >= 4 is 15.9 Å². The van der Waals surface area contributed by atoms with Crippen molar-refractivity contribution in [3.63, 3.8) is 0 Å². The van der Waals surface area contributed by atoms with E-state index < -0.39 is 6.04 Å². The van der Waals surface area contributed by atoms with Gasteiger partial charge in [0.2, 0.25) is 0 Å². The number of aromatic nitrogens is 2. The number of benzene rings is 1. The predicted octanol–water partition coefficient (Wildman–Crippen LogP) is 3.64. The molecule has 0 aliphatic carbocycles. The normalized spacial score (nSPS) is 15.3. The Morgan fingerprint density at radius 2 is 2.07 bits per heavy atom. The van der Waals surface area contributed by atoms with Gasteiger partial charge in [0.05, 0.1) is 17.0 Å². The second-order valence-corrected chi connectivity index (χ2v) is 3.86. The summed E-state index contributed by atoms with van der Waals surface area (Å²) in [7, 11) is 0. The highest BCUT2D eigenvalue weighted by Gasteiger charge is 2.12. The van der Waals surface area contributed by atoms with E-state index >= 15 is 0 Å². The minimum atomic E-state index is -0.397. The largest absolute Gasteiger partial charge is 0.268 e. The molecule has 0 saturated carbocycles. The van der Waals surface area contributed by atoms with Crippen molar-refractivity contribution in [2.24, 2.45) is 0 Å². The Bertz CT molecular complexity index is 667. The van der Waals surface area contributed by atoms with E-state index in [9.17, 15) is 0 Å². The maximum absolute atomic E-state index is 7.96. The third kappa shape index (κ3) is 1.84. The van der Waals surface area contributed by atoms with Gasteiger partial charge in [0, 0.05) is 12.1 Å². The summed E-state index contributed by atoms with van der Waals surface area (Å²) >= 11 is 3.40.